The van der Waals surface area contributed by atoms with Gasteiger partial charge in [-0.3, -0.25) is 0 Å². The second-order valence-corrected chi connectivity index (χ2v) is 6.38. The first kappa shape index (κ1) is 16.3. The Labute approximate surface area is 106 Å². The molecule has 1 unspecified atom stereocenters. The van der Waals surface area contributed by atoms with Gasteiger partial charge in [-0.2, -0.15) is 11.8 Å². The average Bonchev–Trinajstić information content (AvgIpc) is 2.25. The third-order valence-electron chi connectivity index (χ3n) is 3.37. The fourth-order valence-electron chi connectivity index (χ4n) is 1.84. The first-order valence-electron chi connectivity index (χ1n) is 6.36. The molecule has 1 atom stereocenters. The summed E-state index contributed by atoms with van der Waals surface area (Å²) in [4.78, 5) is 2.50. The highest BCUT2D eigenvalue weighted by Crippen LogP contribution is 2.20. The summed E-state index contributed by atoms with van der Waals surface area (Å²) in [5.74, 6) is 1.24. The van der Waals surface area contributed by atoms with Gasteiger partial charge in [-0.25, -0.2) is 0 Å². The molecular weight excluding hydrogens is 216 g/mol. The van der Waals surface area contributed by atoms with E-state index in [0.717, 1.165) is 12.6 Å². The highest BCUT2D eigenvalue weighted by molar-refractivity contribution is 7.98. The average molecular weight is 246 g/mol. The van der Waals surface area contributed by atoms with E-state index in [1.165, 1.54) is 31.6 Å². The molecule has 0 fully saturated rings. The Kier molecular flexibility index (Phi) is 8.52. The minimum atomic E-state index is 0.308. The van der Waals surface area contributed by atoms with Gasteiger partial charge in [0.15, 0.2) is 0 Å². The Bertz CT molecular complexity index is 171. The maximum absolute atomic E-state index is 5.74. The normalized spacial score (nSPS) is 14.4. The smallest absolute Gasteiger partial charge is 0.0180 e. The fraction of sp³-hybridized carbons (Fsp3) is 1.00. The van der Waals surface area contributed by atoms with Crippen molar-refractivity contribution in [3.8, 4) is 0 Å². The molecule has 16 heavy (non-hydrogen) atoms. The molecule has 0 spiro atoms. The van der Waals surface area contributed by atoms with Crippen LogP contribution in [0.25, 0.3) is 0 Å². The summed E-state index contributed by atoms with van der Waals surface area (Å²) < 4.78 is 0. The van der Waals surface area contributed by atoms with Crippen LogP contribution in [0.4, 0.5) is 0 Å². The summed E-state index contributed by atoms with van der Waals surface area (Å²) in [6.07, 6.45) is 5.92. The molecule has 0 aliphatic rings. The van der Waals surface area contributed by atoms with Crippen molar-refractivity contribution in [3.63, 3.8) is 0 Å². The topological polar surface area (TPSA) is 29.3 Å². The number of hydrogen-bond acceptors (Lipinski definition) is 3. The van der Waals surface area contributed by atoms with Crippen molar-refractivity contribution < 1.29 is 0 Å². The molecule has 0 aliphatic heterocycles. The summed E-state index contributed by atoms with van der Waals surface area (Å²) in [6.45, 7) is 8.78. The van der Waals surface area contributed by atoms with E-state index in [1.54, 1.807) is 0 Å². The number of hydrogen-bond donors (Lipinski definition) is 1. The molecule has 2 nitrogen and oxygen atoms in total. The Morgan fingerprint density at radius 3 is 2.44 bits per heavy atom. The predicted molar refractivity (Wildman–Crippen MR) is 77.2 cm³/mol. The molecule has 0 aromatic carbocycles. The van der Waals surface area contributed by atoms with Crippen molar-refractivity contribution in [1.29, 1.82) is 0 Å². The van der Waals surface area contributed by atoms with Crippen LogP contribution >= 0.6 is 11.8 Å². The predicted octanol–water partition coefficient (Wildman–Crippen LogP) is 2.82. The van der Waals surface area contributed by atoms with Crippen molar-refractivity contribution in [2.45, 2.75) is 46.1 Å². The number of nitrogens with zero attached hydrogens (tertiary/aromatic N) is 1. The standard InChI is InChI=1S/C13H30N2S/c1-6-12(10-16-5)15(4)9-7-8-13(2,3)11-14/h12H,6-11,14H2,1-5H3. The van der Waals surface area contributed by atoms with Crippen molar-refractivity contribution in [3.05, 3.63) is 0 Å². The Morgan fingerprint density at radius 1 is 1.38 bits per heavy atom. The summed E-state index contributed by atoms with van der Waals surface area (Å²) in [7, 11) is 2.25. The quantitative estimate of drug-likeness (QED) is 0.678. The van der Waals surface area contributed by atoms with Crippen LogP contribution < -0.4 is 5.73 Å². The van der Waals surface area contributed by atoms with Crippen molar-refractivity contribution in [1.82, 2.24) is 4.90 Å². The van der Waals surface area contributed by atoms with Crippen LogP contribution in [0.1, 0.15) is 40.0 Å². The molecule has 0 heterocycles. The first-order chi connectivity index (χ1) is 7.46. The van der Waals surface area contributed by atoms with E-state index in [0.29, 0.717) is 5.41 Å². The minimum absolute atomic E-state index is 0.308. The van der Waals surface area contributed by atoms with E-state index < -0.39 is 0 Å². The van der Waals surface area contributed by atoms with Crippen LogP contribution in [-0.4, -0.2) is 43.1 Å². The summed E-state index contributed by atoms with van der Waals surface area (Å²) in [6, 6.07) is 0.732. The zero-order valence-corrected chi connectivity index (χ0v) is 12.6. The lowest BCUT2D eigenvalue weighted by Crippen LogP contribution is -2.34. The van der Waals surface area contributed by atoms with E-state index in [-0.39, 0.29) is 0 Å². The van der Waals surface area contributed by atoms with Gasteiger partial charge >= 0.3 is 0 Å². The minimum Gasteiger partial charge on any atom is -0.330 e. The van der Waals surface area contributed by atoms with Crippen molar-refractivity contribution in [2.75, 3.05) is 32.1 Å². The lowest BCUT2D eigenvalue weighted by molar-refractivity contribution is 0.230. The lowest BCUT2D eigenvalue weighted by atomic mass is 9.88. The molecule has 0 bridgehead atoms. The molecule has 0 amide bonds. The van der Waals surface area contributed by atoms with Crippen LogP contribution in [0.2, 0.25) is 0 Å². The van der Waals surface area contributed by atoms with Crippen LogP contribution in [0.15, 0.2) is 0 Å². The van der Waals surface area contributed by atoms with Gasteiger partial charge in [0.05, 0.1) is 0 Å². The Hall–Kier alpha value is 0.270. The third kappa shape index (κ3) is 6.77. The molecule has 0 aliphatic carbocycles. The van der Waals surface area contributed by atoms with Gasteiger partial charge in [-0.05, 0) is 51.1 Å². The second-order valence-electron chi connectivity index (χ2n) is 5.47. The maximum Gasteiger partial charge on any atom is 0.0180 e. The van der Waals surface area contributed by atoms with Crippen LogP contribution in [0.3, 0.4) is 0 Å². The fourth-order valence-corrected chi connectivity index (χ4v) is 2.72. The second kappa shape index (κ2) is 8.37. The summed E-state index contributed by atoms with van der Waals surface area (Å²) in [5.41, 5.74) is 6.05. The molecule has 0 rings (SSSR count). The maximum atomic E-state index is 5.74. The van der Waals surface area contributed by atoms with E-state index >= 15 is 0 Å². The molecule has 0 saturated heterocycles. The highest BCUT2D eigenvalue weighted by Gasteiger charge is 2.16. The summed E-state index contributed by atoms with van der Waals surface area (Å²) >= 11 is 1.94. The zero-order chi connectivity index (χ0) is 12.6. The Balaban J connectivity index is 3.82. The molecule has 0 saturated carbocycles. The number of rotatable bonds is 9. The van der Waals surface area contributed by atoms with E-state index in [2.05, 4.69) is 39.0 Å². The van der Waals surface area contributed by atoms with Crippen molar-refractivity contribution in [2.24, 2.45) is 11.1 Å². The van der Waals surface area contributed by atoms with Gasteiger partial charge in [0, 0.05) is 11.8 Å². The van der Waals surface area contributed by atoms with Gasteiger partial charge in [0.1, 0.15) is 0 Å². The van der Waals surface area contributed by atoms with Crippen LogP contribution in [0, 0.1) is 5.41 Å². The van der Waals surface area contributed by atoms with Gasteiger partial charge < -0.3 is 10.6 Å². The molecular formula is C13H30N2S. The third-order valence-corrected chi connectivity index (χ3v) is 4.09. The number of thioether (sulfide) groups is 1. The van der Waals surface area contributed by atoms with E-state index in [9.17, 15) is 0 Å². The summed E-state index contributed by atoms with van der Waals surface area (Å²) in [5, 5.41) is 0. The molecule has 0 aromatic rings. The largest absolute Gasteiger partial charge is 0.330 e. The first-order valence-corrected chi connectivity index (χ1v) is 7.75. The molecule has 98 valence electrons. The highest BCUT2D eigenvalue weighted by atomic mass is 32.2. The Morgan fingerprint density at radius 2 is 2.00 bits per heavy atom. The SMILES string of the molecule is CCC(CSC)N(C)CCCC(C)(C)CN. The molecule has 2 N–H and O–H groups in total. The van der Waals surface area contributed by atoms with Gasteiger partial charge in [-0.1, -0.05) is 20.8 Å². The van der Waals surface area contributed by atoms with Crippen molar-refractivity contribution >= 4 is 11.8 Å². The monoisotopic (exact) mass is 246 g/mol. The molecule has 0 aromatic heterocycles. The van der Waals surface area contributed by atoms with Gasteiger partial charge in [-0.15, -0.1) is 0 Å². The zero-order valence-electron chi connectivity index (χ0n) is 11.8. The van der Waals surface area contributed by atoms with Gasteiger partial charge in [0.2, 0.25) is 0 Å². The molecule has 3 heteroatoms. The lowest BCUT2D eigenvalue weighted by Gasteiger charge is -2.28. The van der Waals surface area contributed by atoms with Crippen LogP contribution in [0.5, 0.6) is 0 Å². The molecule has 0 radical (unpaired) electrons. The van der Waals surface area contributed by atoms with E-state index in [4.69, 9.17) is 5.73 Å². The van der Waals surface area contributed by atoms with E-state index in [1.807, 2.05) is 11.8 Å². The number of nitrogens with two attached hydrogens (primary N) is 1. The van der Waals surface area contributed by atoms with Gasteiger partial charge in [0.25, 0.3) is 0 Å². The van der Waals surface area contributed by atoms with Crippen LogP contribution in [-0.2, 0) is 0 Å².